The maximum absolute atomic E-state index is 12.3. The van der Waals surface area contributed by atoms with E-state index in [4.69, 9.17) is 16.0 Å². The molecule has 0 aliphatic rings. The maximum atomic E-state index is 12.3. The van der Waals surface area contributed by atoms with Gasteiger partial charge in [0.2, 0.25) is 0 Å². The Balaban J connectivity index is 2.00. The molecule has 126 valence electrons. The van der Waals surface area contributed by atoms with Gasteiger partial charge in [0.25, 0.3) is 11.8 Å². The molecule has 1 heterocycles. The zero-order valence-corrected chi connectivity index (χ0v) is 14.1. The number of hydrazone groups is 1. The topological polar surface area (TPSA) is 83.7 Å². The van der Waals surface area contributed by atoms with Crippen molar-refractivity contribution >= 4 is 29.6 Å². The van der Waals surface area contributed by atoms with Gasteiger partial charge in [0.15, 0.2) is 0 Å². The molecule has 7 heteroatoms. The third-order valence-electron chi connectivity index (χ3n) is 3.23. The zero-order chi connectivity index (χ0) is 17.5. The predicted octanol–water partition coefficient (Wildman–Crippen LogP) is 2.84. The summed E-state index contributed by atoms with van der Waals surface area (Å²) in [5.41, 5.74) is 2.79. The Hall–Kier alpha value is -2.60. The summed E-state index contributed by atoms with van der Waals surface area (Å²) in [5.74, 6) is -0.393. The number of hydrogen-bond acceptors (Lipinski definition) is 4. The zero-order valence-electron chi connectivity index (χ0n) is 13.3. The van der Waals surface area contributed by atoms with Crippen LogP contribution in [0.2, 0.25) is 5.02 Å². The molecule has 1 unspecified atom stereocenters. The normalized spacial score (nSPS) is 12.3. The number of nitrogens with zero attached hydrogens (tertiary/aromatic N) is 1. The first-order chi connectivity index (χ1) is 11.5. The molecule has 0 bridgehead atoms. The monoisotopic (exact) mass is 347 g/mol. The molecule has 2 N–H and O–H groups in total. The SMILES string of the molecule is CC(C)C(NC(=O)c1cccc(Cl)c1)C(=O)N/N=C\c1ccco1. The van der Waals surface area contributed by atoms with E-state index < -0.39 is 11.9 Å². The van der Waals surface area contributed by atoms with E-state index in [-0.39, 0.29) is 11.8 Å². The van der Waals surface area contributed by atoms with Crippen LogP contribution in [0.1, 0.15) is 30.0 Å². The van der Waals surface area contributed by atoms with Gasteiger partial charge in [-0.15, -0.1) is 0 Å². The van der Waals surface area contributed by atoms with E-state index >= 15 is 0 Å². The van der Waals surface area contributed by atoms with Crippen LogP contribution in [0.5, 0.6) is 0 Å². The Labute approximate surface area is 144 Å². The molecular weight excluding hydrogens is 330 g/mol. The summed E-state index contributed by atoms with van der Waals surface area (Å²) in [6, 6.07) is 9.21. The Bertz CT molecular complexity index is 726. The quantitative estimate of drug-likeness (QED) is 0.622. The van der Waals surface area contributed by atoms with Crippen LogP contribution in [-0.4, -0.2) is 24.1 Å². The van der Waals surface area contributed by atoms with Crippen molar-refractivity contribution in [2.24, 2.45) is 11.0 Å². The minimum absolute atomic E-state index is 0.119. The second-order valence-corrected chi connectivity index (χ2v) is 5.89. The second-order valence-electron chi connectivity index (χ2n) is 5.46. The minimum atomic E-state index is -0.731. The second kappa shape index (κ2) is 8.31. The van der Waals surface area contributed by atoms with Crippen LogP contribution in [-0.2, 0) is 4.79 Å². The standard InChI is InChI=1S/C17H18ClN3O3/c1-11(2)15(17(23)21-19-10-14-7-4-8-24-14)20-16(22)12-5-3-6-13(18)9-12/h3-11,15H,1-2H3,(H,20,22)(H,21,23)/b19-10-. The van der Waals surface area contributed by atoms with Crippen LogP contribution in [0, 0.1) is 5.92 Å². The molecule has 0 aliphatic heterocycles. The highest BCUT2D eigenvalue weighted by Gasteiger charge is 2.24. The number of halogens is 1. The van der Waals surface area contributed by atoms with Crippen molar-refractivity contribution in [1.82, 2.24) is 10.7 Å². The molecule has 1 atom stereocenters. The molecule has 0 saturated carbocycles. The molecule has 0 saturated heterocycles. The fraction of sp³-hybridized carbons (Fsp3) is 0.235. The number of rotatable bonds is 6. The molecule has 1 aromatic heterocycles. The maximum Gasteiger partial charge on any atom is 0.262 e. The van der Waals surface area contributed by atoms with Crippen molar-refractivity contribution in [2.45, 2.75) is 19.9 Å². The van der Waals surface area contributed by atoms with E-state index in [1.54, 1.807) is 36.4 Å². The summed E-state index contributed by atoms with van der Waals surface area (Å²) < 4.78 is 5.07. The lowest BCUT2D eigenvalue weighted by molar-refractivity contribution is -0.123. The number of amides is 2. The molecule has 24 heavy (non-hydrogen) atoms. The number of hydrogen-bond donors (Lipinski definition) is 2. The molecule has 2 amide bonds. The number of benzene rings is 1. The van der Waals surface area contributed by atoms with Crippen molar-refractivity contribution in [3.63, 3.8) is 0 Å². The van der Waals surface area contributed by atoms with Crippen LogP contribution in [0.25, 0.3) is 0 Å². The third kappa shape index (κ3) is 4.96. The van der Waals surface area contributed by atoms with Gasteiger partial charge in [-0.3, -0.25) is 9.59 Å². The number of furan rings is 1. The predicted molar refractivity (Wildman–Crippen MR) is 92.0 cm³/mol. The van der Waals surface area contributed by atoms with E-state index in [2.05, 4.69) is 15.8 Å². The lowest BCUT2D eigenvalue weighted by Crippen LogP contribution is -2.48. The van der Waals surface area contributed by atoms with E-state index in [1.165, 1.54) is 12.5 Å². The lowest BCUT2D eigenvalue weighted by atomic mass is 10.0. The summed E-state index contributed by atoms with van der Waals surface area (Å²) in [7, 11) is 0. The molecule has 0 fully saturated rings. The van der Waals surface area contributed by atoms with Crippen LogP contribution in [0.3, 0.4) is 0 Å². The van der Waals surface area contributed by atoms with Crippen molar-refractivity contribution in [3.8, 4) is 0 Å². The average Bonchev–Trinajstić information content (AvgIpc) is 3.05. The first kappa shape index (κ1) is 17.7. The summed E-state index contributed by atoms with van der Waals surface area (Å²) >= 11 is 5.88. The van der Waals surface area contributed by atoms with Crippen LogP contribution >= 0.6 is 11.6 Å². The molecule has 0 spiro atoms. The van der Waals surface area contributed by atoms with Crippen molar-refractivity contribution in [2.75, 3.05) is 0 Å². The first-order valence-corrected chi connectivity index (χ1v) is 7.78. The molecule has 6 nitrogen and oxygen atoms in total. The van der Waals surface area contributed by atoms with Crippen molar-refractivity contribution < 1.29 is 14.0 Å². The highest BCUT2D eigenvalue weighted by atomic mass is 35.5. The minimum Gasteiger partial charge on any atom is -0.463 e. The fourth-order valence-electron chi connectivity index (χ4n) is 1.98. The summed E-state index contributed by atoms with van der Waals surface area (Å²) in [5, 5.41) is 6.97. The van der Waals surface area contributed by atoms with Crippen LogP contribution in [0.15, 0.2) is 52.2 Å². The highest BCUT2D eigenvalue weighted by Crippen LogP contribution is 2.11. The van der Waals surface area contributed by atoms with E-state index in [0.29, 0.717) is 16.3 Å². The summed E-state index contributed by atoms with van der Waals surface area (Å²) in [4.78, 5) is 24.5. The third-order valence-corrected chi connectivity index (χ3v) is 3.47. The average molecular weight is 348 g/mol. The number of nitrogens with one attached hydrogen (secondary N) is 2. The molecule has 1 aromatic carbocycles. The molecule has 0 aliphatic carbocycles. The smallest absolute Gasteiger partial charge is 0.262 e. The Morgan fingerprint density at radius 3 is 2.67 bits per heavy atom. The first-order valence-electron chi connectivity index (χ1n) is 7.40. The number of carbonyl (C=O) groups excluding carboxylic acids is 2. The fourth-order valence-corrected chi connectivity index (χ4v) is 2.17. The highest BCUT2D eigenvalue weighted by molar-refractivity contribution is 6.31. The summed E-state index contributed by atoms with van der Waals surface area (Å²) in [6.45, 7) is 3.66. The lowest BCUT2D eigenvalue weighted by Gasteiger charge is -2.20. The molecule has 2 aromatic rings. The van der Waals surface area contributed by atoms with Gasteiger partial charge < -0.3 is 9.73 Å². The Morgan fingerprint density at radius 2 is 2.04 bits per heavy atom. The largest absolute Gasteiger partial charge is 0.463 e. The van der Waals surface area contributed by atoms with E-state index in [1.807, 2.05) is 13.8 Å². The van der Waals surface area contributed by atoms with Gasteiger partial charge in [-0.1, -0.05) is 31.5 Å². The Kier molecular flexibility index (Phi) is 6.14. The van der Waals surface area contributed by atoms with Gasteiger partial charge in [-0.2, -0.15) is 5.10 Å². The summed E-state index contributed by atoms with van der Waals surface area (Å²) in [6.07, 6.45) is 2.89. The Morgan fingerprint density at radius 1 is 1.25 bits per heavy atom. The van der Waals surface area contributed by atoms with Gasteiger partial charge in [0, 0.05) is 10.6 Å². The van der Waals surface area contributed by atoms with Crippen molar-refractivity contribution in [3.05, 3.63) is 59.0 Å². The van der Waals surface area contributed by atoms with E-state index in [9.17, 15) is 9.59 Å². The van der Waals surface area contributed by atoms with Gasteiger partial charge >= 0.3 is 0 Å². The van der Waals surface area contributed by atoms with Crippen LogP contribution < -0.4 is 10.7 Å². The van der Waals surface area contributed by atoms with Gasteiger partial charge in [0.05, 0.1) is 12.5 Å². The van der Waals surface area contributed by atoms with Gasteiger partial charge in [-0.25, -0.2) is 5.43 Å². The van der Waals surface area contributed by atoms with Crippen LogP contribution in [0.4, 0.5) is 0 Å². The van der Waals surface area contributed by atoms with Gasteiger partial charge in [0.1, 0.15) is 11.8 Å². The van der Waals surface area contributed by atoms with Gasteiger partial charge in [-0.05, 0) is 36.2 Å². The molecular formula is C17H18ClN3O3. The number of carbonyl (C=O) groups is 2. The van der Waals surface area contributed by atoms with Crippen molar-refractivity contribution in [1.29, 1.82) is 0 Å². The molecule has 0 radical (unpaired) electrons. The molecule has 2 rings (SSSR count). The van der Waals surface area contributed by atoms with E-state index in [0.717, 1.165) is 0 Å².